The van der Waals surface area contributed by atoms with Crippen LogP contribution in [-0.4, -0.2) is 40.4 Å². The van der Waals surface area contributed by atoms with Crippen molar-refractivity contribution in [2.24, 2.45) is 0 Å². The van der Waals surface area contributed by atoms with Crippen LogP contribution in [0.1, 0.15) is 29.2 Å². The maximum Gasteiger partial charge on any atom is 0.325 e. The van der Waals surface area contributed by atoms with Crippen molar-refractivity contribution >= 4 is 23.4 Å². The lowest BCUT2D eigenvalue weighted by Gasteiger charge is -2.16. The molecule has 0 radical (unpaired) electrons. The van der Waals surface area contributed by atoms with Gasteiger partial charge in [0.15, 0.2) is 0 Å². The summed E-state index contributed by atoms with van der Waals surface area (Å²) in [6.45, 7) is 5.82. The molecule has 1 unspecified atom stereocenters. The normalized spacial score (nSPS) is 16.2. The lowest BCUT2D eigenvalue weighted by molar-refractivity contribution is -0.117. The Hall–Kier alpha value is -3.10. The summed E-state index contributed by atoms with van der Waals surface area (Å²) in [4.78, 5) is 44.8. The first-order valence-corrected chi connectivity index (χ1v) is 11.4. The van der Waals surface area contributed by atoms with Crippen LogP contribution in [0.3, 0.4) is 0 Å². The molecule has 8 heteroatoms. The van der Waals surface area contributed by atoms with E-state index in [0.717, 1.165) is 23.5 Å². The van der Waals surface area contributed by atoms with E-state index in [1.165, 1.54) is 22.1 Å². The molecule has 0 bridgehead atoms. The van der Waals surface area contributed by atoms with Crippen molar-refractivity contribution in [1.29, 1.82) is 0 Å². The molecule has 4 rings (SSSR count). The minimum absolute atomic E-state index is 0.0409. The first-order chi connectivity index (χ1) is 15.4. The number of aromatic nitrogens is 2. The van der Waals surface area contributed by atoms with Crippen molar-refractivity contribution in [2.45, 2.75) is 36.0 Å². The van der Waals surface area contributed by atoms with Gasteiger partial charge in [0.1, 0.15) is 0 Å². The fraction of sp³-hybridized carbons (Fsp3) is 0.292. The molecule has 1 saturated heterocycles. The second kappa shape index (κ2) is 9.58. The molecule has 0 spiro atoms. The molecule has 2 heterocycles. The third kappa shape index (κ3) is 5.57. The number of benzene rings is 2. The van der Waals surface area contributed by atoms with Crippen molar-refractivity contribution in [3.05, 3.63) is 86.2 Å². The smallest absolute Gasteiger partial charge is 0.325 e. The standard InChI is InChI=1S/C24H26N4O3S/c1-15-3-4-16(2)21(11-15)32-19-7-5-18(6-8-19)25-23(30)14-28-10-9-17(13-28)20-12-22(29)27-24(31)26-20/h3-8,11-12,17H,9-10,13-14H2,1-2H3,(H,25,30)(H2,26,27,29,31). The Morgan fingerprint density at radius 3 is 2.62 bits per heavy atom. The van der Waals surface area contributed by atoms with Crippen molar-refractivity contribution < 1.29 is 4.79 Å². The molecule has 1 atom stereocenters. The molecular weight excluding hydrogens is 424 g/mol. The zero-order chi connectivity index (χ0) is 22.7. The predicted octanol–water partition coefficient (Wildman–Crippen LogP) is 3.26. The summed E-state index contributed by atoms with van der Waals surface area (Å²) in [6.07, 6.45) is 0.789. The Labute approximate surface area is 190 Å². The topological polar surface area (TPSA) is 98.1 Å². The first-order valence-electron chi connectivity index (χ1n) is 10.6. The molecule has 2 aromatic carbocycles. The van der Waals surface area contributed by atoms with E-state index >= 15 is 0 Å². The van der Waals surface area contributed by atoms with Gasteiger partial charge >= 0.3 is 5.69 Å². The number of aryl methyl sites for hydroxylation is 2. The number of nitrogens with one attached hydrogen (secondary N) is 3. The van der Waals surface area contributed by atoms with E-state index in [1.54, 1.807) is 11.8 Å². The van der Waals surface area contributed by atoms with Crippen LogP contribution < -0.4 is 16.6 Å². The van der Waals surface area contributed by atoms with Crippen LogP contribution in [0.5, 0.6) is 0 Å². The Morgan fingerprint density at radius 2 is 1.88 bits per heavy atom. The van der Waals surface area contributed by atoms with Crippen molar-refractivity contribution in [2.75, 3.05) is 25.0 Å². The molecule has 1 aliphatic rings. The van der Waals surface area contributed by atoms with Crippen molar-refractivity contribution in [3.63, 3.8) is 0 Å². The van der Waals surface area contributed by atoms with Gasteiger partial charge in [0, 0.05) is 39.7 Å². The van der Waals surface area contributed by atoms with Gasteiger partial charge in [0.2, 0.25) is 5.91 Å². The SMILES string of the molecule is Cc1ccc(C)c(Sc2ccc(NC(=O)CN3CCC(c4cc(=O)[nH]c(=O)[nH]4)C3)cc2)c1. The van der Waals surface area contributed by atoms with E-state index in [1.807, 2.05) is 29.2 Å². The first kappa shape index (κ1) is 22.1. The predicted molar refractivity (Wildman–Crippen MR) is 127 cm³/mol. The quantitative estimate of drug-likeness (QED) is 0.536. The molecule has 0 aliphatic carbocycles. The Balaban J connectivity index is 1.31. The molecule has 1 fully saturated rings. The van der Waals surface area contributed by atoms with E-state index < -0.39 is 11.2 Å². The summed E-state index contributed by atoms with van der Waals surface area (Å²) in [5.41, 5.74) is 2.96. The Bertz CT molecular complexity index is 1200. The number of hydrogen-bond acceptors (Lipinski definition) is 5. The summed E-state index contributed by atoms with van der Waals surface area (Å²) >= 11 is 1.71. The lowest BCUT2D eigenvalue weighted by Crippen LogP contribution is -2.32. The van der Waals surface area contributed by atoms with Gasteiger partial charge in [-0.3, -0.25) is 19.5 Å². The van der Waals surface area contributed by atoms with Crippen LogP contribution >= 0.6 is 11.8 Å². The summed E-state index contributed by atoms with van der Waals surface area (Å²) in [5.74, 6) is -0.0424. The molecule has 1 amide bonds. The third-order valence-corrected chi connectivity index (χ3v) is 6.74. The molecule has 0 saturated carbocycles. The number of amides is 1. The van der Waals surface area contributed by atoms with Gasteiger partial charge in [0.25, 0.3) is 5.56 Å². The number of anilines is 1. The van der Waals surface area contributed by atoms with E-state index in [0.29, 0.717) is 12.2 Å². The van der Waals surface area contributed by atoms with E-state index in [2.05, 4.69) is 47.3 Å². The summed E-state index contributed by atoms with van der Waals surface area (Å²) < 4.78 is 0. The summed E-state index contributed by atoms with van der Waals surface area (Å²) in [5, 5.41) is 2.95. The van der Waals surface area contributed by atoms with E-state index in [-0.39, 0.29) is 18.4 Å². The Morgan fingerprint density at radius 1 is 1.09 bits per heavy atom. The molecule has 3 N–H and O–H groups in total. The van der Waals surface area contributed by atoms with Gasteiger partial charge in [-0.15, -0.1) is 0 Å². The largest absolute Gasteiger partial charge is 0.325 e. The average molecular weight is 451 g/mol. The number of likely N-dealkylation sites (tertiary alicyclic amines) is 1. The second-order valence-corrected chi connectivity index (χ2v) is 9.32. The summed E-state index contributed by atoms with van der Waals surface area (Å²) in [6, 6.07) is 15.7. The van der Waals surface area contributed by atoms with Gasteiger partial charge in [-0.25, -0.2) is 4.79 Å². The number of carbonyl (C=O) groups excluding carboxylic acids is 1. The zero-order valence-corrected chi connectivity index (χ0v) is 18.9. The van der Waals surface area contributed by atoms with Gasteiger partial charge in [-0.1, -0.05) is 23.9 Å². The number of aromatic amines is 2. The lowest BCUT2D eigenvalue weighted by atomic mass is 10.1. The van der Waals surface area contributed by atoms with E-state index in [9.17, 15) is 14.4 Å². The van der Waals surface area contributed by atoms with Crippen molar-refractivity contribution in [1.82, 2.24) is 14.9 Å². The number of H-pyrrole nitrogens is 2. The van der Waals surface area contributed by atoms with Gasteiger partial charge in [-0.2, -0.15) is 0 Å². The second-order valence-electron chi connectivity index (χ2n) is 8.21. The number of nitrogens with zero attached hydrogens (tertiary/aromatic N) is 1. The van der Waals surface area contributed by atoms with Crippen LogP contribution in [0.4, 0.5) is 5.69 Å². The molecule has 1 aromatic heterocycles. The van der Waals surface area contributed by atoms with Crippen LogP contribution in [0.25, 0.3) is 0 Å². The van der Waals surface area contributed by atoms with Crippen molar-refractivity contribution in [3.8, 4) is 0 Å². The maximum atomic E-state index is 12.5. The van der Waals surface area contributed by atoms with E-state index in [4.69, 9.17) is 0 Å². The minimum Gasteiger partial charge on any atom is -0.325 e. The van der Waals surface area contributed by atoms with Gasteiger partial charge in [0.05, 0.1) is 6.54 Å². The fourth-order valence-electron chi connectivity index (χ4n) is 3.89. The number of carbonyl (C=O) groups is 1. The zero-order valence-electron chi connectivity index (χ0n) is 18.1. The van der Waals surface area contributed by atoms with Gasteiger partial charge in [-0.05, 0) is 68.3 Å². The molecule has 7 nitrogen and oxygen atoms in total. The molecular formula is C24H26N4O3S. The van der Waals surface area contributed by atoms with Crippen LogP contribution in [0, 0.1) is 13.8 Å². The van der Waals surface area contributed by atoms with Crippen LogP contribution in [-0.2, 0) is 4.79 Å². The highest BCUT2D eigenvalue weighted by Crippen LogP contribution is 2.31. The van der Waals surface area contributed by atoms with Gasteiger partial charge < -0.3 is 10.3 Å². The maximum absolute atomic E-state index is 12.5. The fourth-order valence-corrected chi connectivity index (χ4v) is 4.89. The number of hydrogen-bond donors (Lipinski definition) is 3. The number of rotatable bonds is 6. The molecule has 32 heavy (non-hydrogen) atoms. The average Bonchev–Trinajstić information content (AvgIpc) is 3.20. The minimum atomic E-state index is -0.497. The van der Waals surface area contributed by atoms with Crippen LogP contribution in [0.15, 0.2) is 67.9 Å². The Kier molecular flexibility index (Phi) is 6.62. The highest BCUT2D eigenvalue weighted by atomic mass is 32.2. The molecule has 166 valence electrons. The monoisotopic (exact) mass is 450 g/mol. The highest BCUT2D eigenvalue weighted by Gasteiger charge is 2.26. The third-order valence-electron chi connectivity index (χ3n) is 5.57. The van der Waals surface area contributed by atoms with Crippen LogP contribution in [0.2, 0.25) is 0 Å². The summed E-state index contributed by atoms with van der Waals surface area (Å²) in [7, 11) is 0. The molecule has 3 aromatic rings. The molecule has 1 aliphatic heterocycles. The highest BCUT2D eigenvalue weighted by molar-refractivity contribution is 7.99.